The third-order valence-corrected chi connectivity index (χ3v) is 1.74. The zero-order valence-corrected chi connectivity index (χ0v) is 5.44. The largest absolute Gasteiger partial charge is 0.381 e. The van der Waals surface area contributed by atoms with Crippen LogP contribution in [0.1, 0.15) is 12.6 Å². The molecule has 1 aromatic heterocycles. The summed E-state index contributed by atoms with van der Waals surface area (Å²) < 4.78 is 0. The first-order chi connectivity index (χ1) is 4.36. The molecule has 48 valence electrons. The van der Waals surface area contributed by atoms with E-state index in [0.29, 0.717) is 6.04 Å². The first kappa shape index (κ1) is 4.91. The van der Waals surface area contributed by atoms with Gasteiger partial charge in [0, 0.05) is 24.4 Å². The number of hydrogen-bond acceptors (Lipinski definition) is 1. The average molecular weight is 122 g/mol. The molecule has 0 radical (unpaired) electrons. The van der Waals surface area contributed by atoms with E-state index < -0.39 is 0 Å². The van der Waals surface area contributed by atoms with E-state index in [0.717, 1.165) is 6.42 Å². The molecule has 0 saturated heterocycles. The highest BCUT2D eigenvalue weighted by atomic mass is 15.0. The Hall–Kier alpha value is -0.920. The third-order valence-electron chi connectivity index (χ3n) is 1.74. The second-order valence-corrected chi connectivity index (χ2v) is 2.62. The van der Waals surface area contributed by atoms with Gasteiger partial charge in [0.25, 0.3) is 0 Å². The van der Waals surface area contributed by atoms with Gasteiger partial charge in [0.05, 0.1) is 5.69 Å². The van der Waals surface area contributed by atoms with Gasteiger partial charge in [-0.3, -0.25) is 0 Å². The second-order valence-electron chi connectivity index (χ2n) is 2.62. The van der Waals surface area contributed by atoms with Gasteiger partial charge >= 0.3 is 0 Å². The SMILES string of the molecule is CC1Cc2[nH]ccc2N1. The van der Waals surface area contributed by atoms with Gasteiger partial charge in [0.2, 0.25) is 0 Å². The molecule has 0 amide bonds. The Kier molecular flexibility index (Phi) is 0.835. The van der Waals surface area contributed by atoms with Gasteiger partial charge in [0.1, 0.15) is 0 Å². The zero-order valence-electron chi connectivity index (χ0n) is 5.44. The molecule has 0 saturated carbocycles. The normalized spacial score (nSPS) is 23.4. The number of anilines is 1. The summed E-state index contributed by atoms with van der Waals surface area (Å²) in [5, 5.41) is 3.35. The molecular weight excluding hydrogens is 112 g/mol. The monoisotopic (exact) mass is 122 g/mol. The molecular formula is C7H10N2. The lowest BCUT2D eigenvalue weighted by atomic mass is 10.2. The van der Waals surface area contributed by atoms with Crippen molar-refractivity contribution >= 4 is 5.69 Å². The fourth-order valence-electron chi connectivity index (χ4n) is 1.33. The molecule has 0 fully saturated rings. The summed E-state index contributed by atoms with van der Waals surface area (Å²) in [6.45, 7) is 2.19. The summed E-state index contributed by atoms with van der Waals surface area (Å²) in [6, 6.07) is 2.70. The summed E-state index contributed by atoms with van der Waals surface area (Å²) in [6.07, 6.45) is 3.12. The van der Waals surface area contributed by atoms with Crippen LogP contribution in [0.5, 0.6) is 0 Å². The molecule has 0 spiro atoms. The minimum atomic E-state index is 0.618. The third kappa shape index (κ3) is 0.626. The number of hydrogen-bond donors (Lipinski definition) is 2. The topological polar surface area (TPSA) is 27.8 Å². The molecule has 0 aromatic carbocycles. The van der Waals surface area contributed by atoms with Gasteiger partial charge in [0.15, 0.2) is 0 Å². The van der Waals surface area contributed by atoms with Crippen molar-refractivity contribution in [3.05, 3.63) is 18.0 Å². The summed E-state index contributed by atoms with van der Waals surface area (Å²) in [5.74, 6) is 0. The van der Waals surface area contributed by atoms with Gasteiger partial charge in [-0.15, -0.1) is 0 Å². The number of aromatic nitrogens is 1. The van der Waals surface area contributed by atoms with Crippen LogP contribution in [0.2, 0.25) is 0 Å². The molecule has 1 aliphatic rings. The number of aromatic amines is 1. The van der Waals surface area contributed by atoms with Crippen molar-refractivity contribution < 1.29 is 0 Å². The standard InChI is InChI=1S/C7H10N2/c1-5-4-7-6(9-5)2-3-8-7/h2-3,5,8-9H,4H2,1H3. The second kappa shape index (κ2) is 1.53. The van der Waals surface area contributed by atoms with Crippen molar-refractivity contribution in [1.29, 1.82) is 0 Å². The summed E-state index contributed by atoms with van der Waals surface area (Å²) in [7, 11) is 0. The highest BCUT2D eigenvalue weighted by Crippen LogP contribution is 2.23. The predicted octanol–water partition coefficient (Wildman–Crippen LogP) is 1.37. The number of fused-ring (bicyclic) bond motifs is 1. The van der Waals surface area contributed by atoms with E-state index in [4.69, 9.17) is 0 Å². The molecule has 2 heteroatoms. The molecule has 0 bridgehead atoms. The Labute approximate surface area is 54.3 Å². The van der Waals surface area contributed by atoms with Crippen molar-refractivity contribution in [2.75, 3.05) is 5.32 Å². The molecule has 0 aliphatic carbocycles. The molecule has 2 N–H and O–H groups in total. The van der Waals surface area contributed by atoms with Crippen molar-refractivity contribution in [1.82, 2.24) is 4.98 Å². The van der Waals surface area contributed by atoms with E-state index in [1.54, 1.807) is 0 Å². The Bertz CT molecular complexity index is 194. The lowest BCUT2D eigenvalue weighted by Gasteiger charge is -1.99. The number of nitrogens with one attached hydrogen (secondary N) is 2. The quantitative estimate of drug-likeness (QED) is 0.534. The Morgan fingerprint density at radius 3 is 3.33 bits per heavy atom. The predicted molar refractivity (Wildman–Crippen MR) is 37.6 cm³/mol. The highest BCUT2D eigenvalue weighted by molar-refractivity contribution is 5.53. The first-order valence-corrected chi connectivity index (χ1v) is 3.29. The average Bonchev–Trinajstić information content (AvgIpc) is 2.22. The molecule has 1 aliphatic heterocycles. The van der Waals surface area contributed by atoms with Gasteiger partial charge in [-0.05, 0) is 13.0 Å². The van der Waals surface area contributed by atoms with E-state index in [1.807, 2.05) is 6.20 Å². The van der Waals surface area contributed by atoms with E-state index in [2.05, 4.69) is 23.3 Å². The first-order valence-electron chi connectivity index (χ1n) is 3.29. The highest BCUT2D eigenvalue weighted by Gasteiger charge is 2.15. The summed E-state index contributed by atoms with van der Waals surface area (Å²) in [5.41, 5.74) is 2.63. The van der Waals surface area contributed by atoms with Crippen LogP contribution in [0.4, 0.5) is 5.69 Å². The maximum absolute atomic E-state index is 3.35. The fourth-order valence-corrected chi connectivity index (χ4v) is 1.33. The van der Waals surface area contributed by atoms with Crippen molar-refractivity contribution in [2.24, 2.45) is 0 Å². The minimum absolute atomic E-state index is 0.618. The van der Waals surface area contributed by atoms with E-state index in [-0.39, 0.29) is 0 Å². The molecule has 2 nitrogen and oxygen atoms in total. The smallest absolute Gasteiger partial charge is 0.0553 e. The zero-order chi connectivity index (χ0) is 6.27. The van der Waals surface area contributed by atoms with Crippen LogP contribution < -0.4 is 5.32 Å². The number of rotatable bonds is 0. The Balaban J connectivity index is 2.39. The molecule has 2 heterocycles. The molecule has 9 heavy (non-hydrogen) atoms. The van der Waals surface area contributed by atoms with Gasteiger partial charge < -0.3 is 10.3 Å². The van der Waals surface area contributed by atoms with Gasteiger partial charge in [-0.25, -0.2) is 0 Å². The van der Waals surface area contributed by atoms with Crippen LogP contribution >= 0.6 is 0 Å². The van der Waals surface area contributed by atoms with Crippen LogP contribution in [-0.2, 0) is 6.42 Å². The lowest BCUT2D eigenvalue weighted by Crippen LogP contribution is -2.08. The van der Waals surface area contributed by atoms with Crippen LogP contribution in [-0.4, -0.2) is 11.0 Å². The van der Waals surface area contributed by atoms with E-state index in [1.165, 1.54) is 11.4 Å². The minimum Gasteiger partial charge on any atom is -0.381 e. The van der Waals surface area contributed by atoms with Gasteiger partial charge in [-0.1, -0.05) is 0 Å². The fraction of sp³-hybridized carbons (Fsp3) is 0.429. The van der Waals surface area contributed by atoms with E-state index >= 15 is 0 Å². The van der Waals surface area contributed by atoms with Crippen LogP contribution in [0.25, 0.3) is 0 Å². The maximum Gasteiger partial charge on any atom is 0.0553 e. The number of H-pyrrole nitrogens is 1. The lowest BCUT2D eigenvalue weighted by molar-refractivity contribution is 0.823. The van der Waals surface area contributed by atoms with Gasteiger partial charge in [-0.2, -0.15) is 0 Å². The van der Waals surface area contributed by atoms with Crippen molar-refractivity contribution in [3.63, 3.8) is 0 Å². The van der Waals surface area contributed by atoms with Crippen LogP contribution in [0.3, 0.4) is 0 Å². The maximum atomic E-state index is 3.35. The van der Waals surface area contributed by atoms with E-state index in [9.17, 15) is 0 Å². The van der Waals surface area contributed by atoms with Crippen molar-refractivity contribution in [3.8, 4) is 0 Å². The molecule has 1 aromatic rings. The van der Waals surface area contributed by atoms with Crippen LogP contribution in [0, 0.1) is 0 Å². The summed E-state index contributed by atoms with van der Waals surface area (Å²) in [4.78, 5) is 3.19. The Morgan fingerprint density at radius 2 is 2.56 bits per heavy atom. The molecule has 2 rings (SSSR count). The Morgan fingerprint density at radius 1 is 1.67 bits per heavy atom. The van der Waals surface area contributed by atoms with Crippen molar-refractivity contribution in [2.45, 2.75) is 19.4 Å². The summed E-state index contributed by atoms with van der Waals surface area (Å²) >= 11 is 0. The molecule has 1 unspecified atom stereocenters. The van der Waals surface area contributed by atoms with Crippen LogP contribution in [0.15, 0.2) is 12.3 Å². The molecule has 1 atom stereocenters.